The van der Waals surface area contributed by atoms with Gasteiger partial charge in [-0.25, -0.2) is 9.59 Å². The van der Waals surface area contributed by atoms with Crippen LogP contribution >= 0.6 is 0 Å². The number of hydrogen-bond donors (Lipinski definition) is 1. The number of likely N-dealkylation sites (tertiary alicyclic amines) is 1. The van der Waals surface area contributed by atoms with Crippen LogP contribution in [0.15, 0.2) is 47.5 Å². The molecule has 1 N–H and O–H groups in total. The SMILES string of the molecule is C=CCOC(=O)N(CC1(c2noc(C3CCN(C(=O)[C@@H](NC(=O)OC(C)(C)C)C(C)C)CC3)n2)CC1)[C@@H]1C[C@H]1c1ccccc1. The van der Waals surface area contributed by atoms with Crippen molar-refractivity contribution in [3.63, 3.8) is 0 Å². The lowest BCUT2D eigenvalue weighted by atomic mass is 9.95. The molecule has 1 aromatic heterocycles. The van der Waals surface area contributed by atoms with E-state index in [1.54, 1.807) is 31.7 Å². The lowest BCUT2D eigenvalue weighted by Gasteiger charge is -2.34. The molecule has 2 aromatic rings. The standard InChI is InChI=1S/C34H47N5O6/c1-7-19-43-32(42)39(26-20-25(26)23-11-9-8-10-12-23)21-34(15-16-34)30-36-28(45-37-30)24-13-17-38(18-14-24)29(40)27(22(2)3)35-31(41)44-33(4,5)6/h7-12,22,24-27H,1,13-21H2,2-6H3,(H,35,41)/t25-,26+,27-/m0/s1. The van der Waals surface area contributed by atoms with Crippen LogP contribution in [-0.4, -0.2) is 82.0 Å². The van der Waals surface area contributed by atoms with Crippen molar-refractivity contribution >= 4 is 18.1 Å². The van der Waals surface area contributed by atoms with Gasteiger partial charge in [0.1, 0.15) is 18.2 Å². The van der Waals surface area contributed by atoms with Crippen LogP contribution < -0.4 is 5.32 Å². The smallest absolute Gasteiger partial charge is 0.410 e. The van der Waals surface area contributed by atoms with Crippen molar-refractivity contribution in [2.24, 2.45) is 5.92 Å². The van der Waals surface area contributed by atoms with E-state index in [1.165, 1.54) is 5.56 Å². The highest BCUT2D eigenvalue weighted by molar-refractivity contribution is 5.86. The molecule has 1 saturated heterocycles. The summed E-state index contributed by atoms with van der Waals surface area (Å²) in [4.78, 5) is 47.5. The van der Waals surface area contributed by atoms with Gasteiger partial charge in [0.25, 0.3) is 0 Å². The Kier molecular flexibility index (Phi) is 9.55. The van der Waals surface area contributed by atoms with Crippen LogP contribution in [0.1, 0.15) is 95.8 Å². The molecule has 0 radical (unpaired) electrons. The molecule has 11 nitrogen and oxygen atoms in total. The van der Waals surface area contributed by atoms with Gasteiger partial charge >= 0.3 is 12.2 Å². The Bertz CT molecular complexity index is 1360. The van der Waals surface area contributed by atoms with Gasteiger partial charge < -0.3 is 29.1 Å². The summed E-state index contributed by atoms with van der Waals surface area (Å²) in [6, 6.07) is 9.66. The Morgan fingerprint density at radius 2 is 1.87 bits per heavy atom. The van der Waals surface area contributed by atoms with Crippen molar-refractivity contribution < 1.29 is 28.4 Å². The highest BCUT2D eigenvalue weighted by atomic mass is 16.6. The number of hydrogen-bond acceptors (Lipinski definition) is 8. The minimum Gasteiger partial charge on any atom is -0.445 e. The van der Waals surface area contributed by atoms with E-state index >= 15 is 0 Å². The van der Waals surface area contributed by atoms with Gasteiger partial charge in [0.2, 0.25) is 11.8 Å². The monoisotopic (exact) mass is 621 g/mol. The number of carbonyl (C=O) groups excluding carboxylic acids is 3. The zero-order valence-electron chi connectivity index (χ0n) is 27.2. The number of carbonyl (C=O) groups is 3. The van der Waals surface area contributed by atoms with Crippen LogP contribution in [0.5, 0.6) is 0 Å². The van der Waals surface area contributed by atoms with E-state index in [1.807, 2.05) is 36.9 Å². The van der Waals surface area contributed by atoms with E-state index in [-0.39, 0.29) is 47.8 Å². The zero-order valence-corrected chi connectivity index (χ0v) is 27.2. The van der Waals surface area contributed by atoms with Crippen LogP contribution in [0.2, 0.25) is 0 Å². The number of alkyl carbamates (subject to hydrolysis) is 1. The molecule has 3 atom stereocenters. The number of amides is 3. The molecule has 3 fully saturated rings. The minimum absolute atomic E-state index is 0.0296. The Hall–Kier alpha value is -3.89. The summed E-state index contributed by atoms with van der Waals surface area (Å²) < 4.78 is 16.7. The van der Waals surface area contributed by atoms with Crippen LogP contribution in [0, 0.1) is 5.92 Å². The van der Waals surface area contributed by atoms with E-state index in [9.17, 15) is 14.4 Å². The second-order valence-corrected chi connectivity index (χ2v) is 14.0. The minimum atomic E-state index is -0.671. The molecule has 3 amide bonds. The molecule has 3 aliphatic rings. The third-order valence-electron chi connectivity index (χ3n) is 8.95. The summed E-state index contributed by atoms with van der Waals surface area (Å²) in [6.07, 6.45) is 4.63. The fraction of sp³-hybridized carbons (Fsp3) is 0.618. The highest BCUT2D eigenvalue weighted by Crippen LogP contribution is 2.52. The highest BCUT2D eigenvalue weighted by Gasteiger charge is 2.55. The number of benzene rings is 1. The van der Waals surface area contributed by atoms with Crippen molar-refractivity contribution in [1.29, 1.82) is 0 Å². The average molecular weight is 622 g/mol. The number of aromatic nitrogens is 2. The van der Waals surface area contributed by atoms with E-state index < -0.39 is 17.7 Å². The Balaban J connectivity index is 1.20. The molecule has 0 bridgehead atoms. The fourth-order valence-electron chi connectivity index (χ4n) is 6.15. The van der Waals surface area contributed by atoms with Gasteiger partial charge in [-0.2, -0.15) is 4.98 Å². The van der Waals surface area contributed by atoms with E-state index in [2.05, 4.69) is 29.2 Å². The predicted molar refractivity (Wildman–Crippen MR) is 168 cm³/mol. The number of ether oxygens (including phenoxy) is 2. The molecule has 2 heterocycles. The van der Waals surface area contributed by atoms with Crippen molar-refractivity contribution in [2.75, 3.05) is 26.2 Å². The topological polar surface area (TPSA) is 127 Å². The van der Waals surface area contributed by atoms with Crippen LogP contribution in [-0.2, 0) is 19.7 Å². The van der Waals surface area contributed by atoms with Crippen molar-refractivity contribution in [3.05, 3.63) is 60.3 Å². The molecule has 244 valence electrons. The van der Waals surface area contributed by atoms with Crippen molar-refractivity contribution in [3.8, 4) is 0 Å². The molecular formula is C34H47N5O6. The summed E-state index contributed by atoms with van der Waals surface area (Å²) in [5.74, 6) is 1.31. The summed E-state index contributed by atoms with van der Waals surface area (Å²) in [5.41, 5.74) is 0.221. The van der Waals surface area contributed by atoms with Gasteiger partial charge in [-0.3, -0.25) is 4.79 Å². The Morgan fingerprint density at radius 1 is 1.18 bits per heavy atom. The van der Waals surface area contributed by atoms with Gasteiger partial charge in [-0.05, 0) is 64.4 Å². The van der Waals surface area contributed by atoms with Crippen LogP contribution in [0.4, 0.5) is 9.59 Å². The fourth-order valence-corrected chi connectivity index (χ4v) is 6.15. The third kappa shape index (κ3) is 7.86. The number of nitrogens with one attached hydrogen (secondary N) is 1. The second kappa shape index (κ2) is 13.2. The molecule has 5 rings (SSSR count). The van der Waals surface area contributed by atoms with Gasteiger partial charge in [0, 0.05) is 37.5 Å². The van der Waals surface area contributed by atoms with Gasteiger partial charge in [-0.1, -0.05) is 62.0 Å². The molecule has 11 heteroatoms. The van der Waals surface area contributed by atoms with E-state index in [4.69, 9.17) is 19.0 Å². The third-order valence-corrected chi connectivity index (χ3v) is 8.95. The molecule has 1 aliphatic heterocycles. The van der Waals surface area contributed by atoms with E-state index in [0.717, 1.165) is 19.3 Å². The lowest BCUT2D eigenvalue weighted by molar-refractivity contribution is -0.135. The van der Waals surface area contributed by atoms with Gasteiger partial charge in [0.05, 0.1) is 5.41 Å². The largest absolute Gasteiger partial charge is 0.445 e. The quantitative estimate of drug-likeness (QED) is 0.324. The second-order valence-electron chi connectivity index (χ2n) is 14.0. The zero-order chi connectivity index (χ0) is 32.4. The van der Waals surface area contributed by atoms with Crippen LogP contribution in [0.25, 0.3) is 0 Å². The maximum atomic E-state index is 13.4. The maximum absolute atomic E-state index is 13.4. The summed E-state index contributed by atoms with van der Waals surface area (Å²) in [7, 11) is 0. The first-order chi connectivity index (χ1) is 21.4. The molecule has 0 spiro atoms. The number of nitrogens with zero attached hydrogens (tertiary/aromatic N) is 4. The Labute approximate surface area is 265 Å². The maximum Gasteiger partial charge on any atom is 0.410 e. The molecule has 2 saturated carbocycles. The first-order valence-corrected chi connectivity index (χ1v) is 16.1. The molecule has 1 aromatic carbocycles. The summed E-state index contributed by atoms with van der Waals surface area (Å²) >= 11 is 0. The molecule has 2 aliphatic carbocycles. The average Bonchev–Trinajstić information content (AvgIpc) is 3.92. The van der Waals surface area contributed by atoms with Gasteiger partial charge in [0.15, 0.2) is 5.82 Å². The van der Waals surface area contributed by atoms with Crippen molar-refractivity contribution in [2.45, 2.75) is 102 Å². The normalized spacial score (nSPS) is 21.5. The molecular weight excluding hydrogens is 574 g/mol. The molecule has 0 unspecified atom stereocenters. The first-order valence-electron chi connectivity index (χ1n) is 16.1. The van der Waals surface area contributed by atoms with Crippen molar-refractivity contribution in [1.82, 2.24) is 25.3 Å². The van der Waals surface area contributed by atoms with Crippen LogP contribution in [0.3, 0.4) is 0 Å². The molecule has 45 heavy (non-hydrogen) atoms. The number of piperidine rings is 1. The summed E-state index contributed by atoms with van der Waals surface area (Å²) in [5, 5.41) is 7.17. The number of rotatable bonds is 11. The summed E-state index contributed by atoms with van der Waals surface area (Å²) in [6.45, 7) is 14.6. The predicted octanol–water partition coefficient (Wildman–Crippen LogP) is 5.54. The lowest BCUT2D eigenvalue weighted by Crippen LogP contribution is -2.53. The van der Waals surface area contributed by atoms with Gasteiger partial charge in [-0.15, -0.1) is 0 Å². The Morgan fingerprint density at radius 3 is 2.47 bits per heavy atom. The van der Waals surface area contributed by atoms with E-state index in [0.29, 0.717) is 44.2 Å². The first kappa shape index (κ1) is 32.5.